The summed E-state index contributed by atoms with van der Waals surface area (Å²) in [7, 11) is 0. The molecule has 0 radical (unpaired) electrons. The summed E-state index contributed by atoms with van der Waals surface area (Å²) in [6, 6.07) is 21.0. The van der Waals surface area contributed by atoms with Gasteiger partial charge >= 0.3 is 0 Å². The predicted octanol–water partition coefficient (Wildman–Crippen LogP) is 5.44. The van der Waals surface area contributed by atoms with Crippen molar-refractivity contribution in [2.45, 2.75) is 19.4 Å². The van der Waals surface area contributed by atoms with Gasteiger partial charge in [-0.15, -0.1) is 11.3 Å². The lowest BCUT2D eigenvalue weighted by Gasteiger charge is -2.30. The van der Waals surface area contributed by atoms with Crippen LogP contribution in [0.15, 0.2) is 76.6 Å². The smallest absolute Gasteiger partial charge is 0.241 e. The maximum absolute atomic E-state index is 12.7. The van der Waals surface area contributed by atoms with Crippen molar-refractivity contribution in [3.8, 4) is 22.2 Å². The van der Waals surface area contributed by atoms with E-state index in [1.165, 1.54) is 0 Å². The Bertz CT molecular complexity index is 1170. The Balaban J connectivity index is 1.09. The third-order valence-electron chi connectivity index (χ3n) is 5.63. The van der Waals surface area contributed by atoms with Crippen molar-refractivity contribution in [2.75, 3.05) is 18.4 Å². The minimum Gasteiger partial charge on any atom is -0.457 e. The van der Waals surface area contributed by atoms with Gasteiger partial charge in [0.1, 0.15) is 11.5 Å². The first-order valence-electron chi connectivity index (χ1n) is 11.0. The van der Waals surface area contributed by atoms with Crippen LogP contribution < -0.4 is 10.1 Å². The summed E-state index contributed by atoms with van der Waals surface area (Å²) in [5, 5.41) is 9.10. The van der Waals surface area contributed by atoms with Crippen molar-refractivity contribution < 1.29 is 14.1 Å². The van der Waals surface area contributed by atoms with Crippen molar-refractivity contribution in [3.05, 3.63) is 78.0 Å². The van der Waals surface area contributed by atoms with E-state index in [1.54, 1.807) is 11.3 Å². The van der Waals surface area contributed by atoms with Crippen molar-refractivity contribution in [3.63, 3.8) is 0 Å². The first kappa shape index (κ1) is 21.4. The predicted molar refractivity (Wildman–Crippen MR) is 127 cm³/mol. The number of rotatable bonds is 7. The maximum Gasteiger partial charge on any atom is 0.241 e. The van der Waals surface area contributed by atoms with Crippen LogP contribution in [0.1, 0.15) is 18.7 Å². The molecule has 0 bridgehead atoms. The van der Waals surface area contributed by atoms with Gasteiger partial charge in [0.25, 0.3) is 0 Å². The van der Waals surface area contributed by atoms with E-state index < -0.39 is 0 Å². The van der Waals surface area contributed by atoms with E-state index in [0.717, 1.165) is 48.0 Å². The number of carbonyl (C=O) groups is 1. The van der Waals surface area contributed by atoms with Crippen LogP contribution in [0, 0.1) is 5.92 Å². The molecule has 1 N–H and O–H groups in total. The van der Waals surface area contributed by atoms with Crippen LogP contribution in [0.2, 0.25) is 0 Å². The van der Waals surface area contributed by atoms with Crippen LogP contribution in [0.25, 0.3) is 10.7 Å². The summed E-state index contributed by atoms with van der Waals surface area (Å²) in [6.07, 6.45) is 1.60. The number of piperidine rings is 1. The number of hydrogen-bond acceptors (Lipinski definition) is 7. The van der Waals surface area contributed by atoms with Gasteiger partial charge in [0.15, 0.2) is 0 Å². The molecule has 0 aliphatic carbocycles. The lowest BCUT2D eigenvalue weighted by molar-refractivity contribution is -0.121. The molecule has 1 aliphatic rings. The molecular formula is C25H24N4O3S. The van der Waals surface area contributed by atoms with Crippen molar-refractivity contribution in [2.24, 2.45) is 5.92 Å². The van der Waals surface area contributed by atoms with Gasteiger partial charge in [-0.05, 0) is 73.8 Å². The summed E-state index contributed by atoms with van der Waals surface area (Å²) in [6.45, 7) is 2.24. The first-order chi connectivity index (χ1) is 16.2. The Morgan fingerprint density at radius 2 is 1.79 bits per heavy atom. The number of nitrogens with zero attached hydrogens (tertiary/aromatic N) is 3. The number of ether oxygens (including phenoxy) is 1. The number of nitrogens with one attached hydrogen (secondary N) is 1. The van der Waals surface area contributed by atoms with Gasteiger partial charge in [-0.2, -0.15) is 4.98 Å². The highest BCUT2D eigenvalue weighted by atomic mass is 32.1. The fourth-order valence-corrected chi connectivity index (χ4v) is 4.49. The van der Waals surface area contributed by atoms with Crippen LogP contribution in [0.3, 0.4) is 0 Å². The molecule has 5 rings (SSSR count). The maximum atomic E-state index is 12.7. The zero-order chi connectivity index (χ0) is 22.5. The number of amides is 1. The van der Waals surface area contributed by atoms with Crippen molar-refractivity contribution in [1.82, 2.24) is 15.0 Å². The van der Waals surface area contributed by atoms with E-state index in [4.69, 9.17) is 9.26 Å². The molecular weight excluding hydrogens is 436 g/mol. The number of para-hydroxylation sites is 1. The van der Waals surface area contributed by atoms with Crippen LogP contribution in [-0.2, 0) is 11.3 Å². The van der Waals surface area contributed by atoms with Gasteiger partial charge < -0.3 is 14.6 Å². The third kappa shape index (κ3) is 5.47. The molecule has 0 unspecified atom stereocenters. The summed E-state index contributed by atoms with van der Waals surface area (Å²) in [5.74, 6) is 2.81. The second-order valence-corrected chi connectivity index (χ2v) is 8.92. The highest BCUT2D eigenvalue weighted by Gasteiger charge is 2.26. The standard InChI is InChI=1S/C25H24N4O3S/c30-25(26-19-8-10-21(11-9-19)31-20-5-2-1-3-6-20)18-12-14-29(15-13-18)17-23-27-24(28-32-23)22-7-4-16-33-22/h1-11,16,18H,12-15,17H2,(H,26,30). The average molecular weight is 461 g/mol. The average Bonchev–Trinajstić information content (AvgIpc) is 3.54. The molecule has 1 fully saturated rings. The monoisotopic (exact) mass is 460 g/mol. The summed E-state index contributed by atoms with van der Waals surface area (Å²) in [4.78, 5) is 20.5. The Kier molecular flexibility index (Phi) is 6.46. The fraction of sp³-hybridized carbons (Fsp3) is 0.240. The number of likely N-dealkylation sites (tertiary alicyclic amines) is 1. The summed E-state index contributed by atoms with van der Waals surface area (Å²) in [5.41, 5.74) is 0.773. The number of carbonyl (C=O) groups excluding carboxylic acids is 1. The molecule has 1 amide bonds. The van der Waals surface area contributed by atoms with E-state index in [9.17, 15) is 4.79 Å². The number of thiophene rings is 1. The lowest BCUT2D eigenvalue weighted by atomic mass is 9.96. The Hall–Kier alpha value is -3.49. The molecule has 0 spiro atoms. The summed E-state index contributed by atoms with van der Waals surface area (Å²) < 4.78 is 11.2. The van der Waals surface area contributed by atoms with Gasteiger partial charge in [-0.3, -0.25) is 9.69 Å². The number of aromatic nitrogens is 2. The van der Waals surface area contributed by atoms with Crippen LogP contribution in [0.5, 0.6) is 11.5 Å². The number of benzene rings is 2. The minimum atomic E-state index is -0.00846. The minimum absolute atomic E-state index is 0.00846. The van der Waals surface area contributed by atoms with Crippen molar-refractivity contribution >= 4 is 22.9 Å². The first-order valence-corrected chi connectivity index (χ1v) is 11.8. The molecule has 0 atom stereocenters. The normalized spacial score (nSPS) is 14.8. The van der Waals surface area contributed by atoms with E-state index in [2.05, 4.69) is 20.4 Å². The number of hydrogen-bond donors (Lipinski definition) is 1. The van der Waals surface area contributed by atoms with Crippen molar-refractivity contribution in [1.29, 1.82) is 0 Å². The molecule has 3 heterocycles. The van der Waals surface area contributed by atoms with Gasteiger partial charge in [0.05, 0.1) is 11.4 Å². The molecule has 0 saturated carbocycles. The fourth-order valence-electron chi connectivity index (χ4n) is 3.84. The highest BCUT2D eigenvalue weighted by Crippen LogP contribution is 2.25. The Morgan fingerprint density at radius 1 is 1.03 bits per heavy atom. The largest absolute Gasteiger partial charge is 0.457 e. The van der Waals surface area contributed by atoms with E-state index in [-0.39, 0.29) is 11.8 Å². The Labute approximate surface area is 196 Å². The Morgan fingerprint density at radius 3 is 2.52 bits per heavy atom. The highest BCUT2D eigenvalue weighted by molar-refractivity contribution is 7.13. The molecule has 1 saturated heterocycles. The third-order valence-corrected chi connectivity index (χ3v) is 6.49. The molecule has 33 heavy (non-hydrogen) atoms. The zero-order valence-electron chi connectivity index (χ0n) is 18.0. The molecule has 7 nitrogen and oxygen atoms in total. The summed E-state index contributed by atoms with van der Waals surface area (Å²) >= 11 is 1.59. The van der Waals surface area contributed by atoms with E-state index >= 15 is 0 Å². The molecule has 2 aromatic heterocycles. The molecule has 4 aromatic rings. The van der Waals surface area contributed by atoms with Crippen LogP contribution >= 0.6 is 11.3 Å². The second-order valence-electron chi connectivity index (χ2n) is 7.97. The quantitative estimate of drug-likeness (QED) is 0.395. The van der Waals surface area contributed by atoms with Crippen LogP contribution in [0.4, 0.5) is 5.69 Å². The molecule has 1 aliphatic heterocycles. The van der Waals surface area contributed by atoms with E-state index in [0.29, 0.717) is 18.3 Å². The van der Waals surface area contributed by atoms with Gasteiger partial charge in [-0.1, -0.05) is 29.4 Å². The lowest BCUT2D eigenvalue weighted by Crippen LogP contribution is -2.37. The van der Waals surface area contributed by atoms with Gasteiger partial charge in [0, 0.05) is 11.6 Å². The zero-order valence-corrected chi connectivity index (χ0v) is 18.8. The topological polar surface area (TPSA) is 80.5 Å². The van der Waals surface area contributed by atoms with Gasteiger partial charge in [-0.25, -0.2) is 0 Å². The second kappa shape index (κ2) is 9.97. The van der Waals surface area contributed by atoms with Crippen LogP contribution in [-0.4, -0.2) is 34.0 Å². The molecule has 8 heteroatoms. The van der Waals surface area contributed by atoms with E-state index in [1.807, 2.05) is 72.1 Å². The SMILES string of the molecule is O=C(Nc1ccc(Oc2ccccc2)cc1)C1CCN(Cc2nc(-c3cccs3)no2)CC1. The van der Waals surface area contributed by atoms with Gasteiger partial charge in [0.2, 0.25) is 17.6 Å². The molecule has 168 valence electrons. The molecule has 2 aromatic carbocycles. The number of anilines is 1.